The van der Waals surface area contributed by atoms with Gasteiger partial charge in [0.15, 0.2) is 39.8 Å². The van der Waals surface area contributed by atoms with Gasteiger partial charge in [-0.15, -0.1) is 9.42 Å². The van der Waals surface area contributed by atoms with Crippen LogP contribution in [0.25, 0.3) is 27.0 Å². The molecule has 1 saturated carbocycles. The van der Waals surface area contributed by atoms with Crippen molar-refractivity contribution in [2.24, 2.45) is 5.92 Å². The fourth-order valence-electron chi connectivity index (χ4n) is 10.1. The van der Waals surface area contributed by atoms with Crippen molar-refractivity contribution in [3.63, 3.8) is 0 Å². The van der Waals surface area contributed by atoms with Crippen LogP contribution in [0.1, 0.15) is 92.9 Å². The van der Waals surface area contributed by atoms with Crippen LogP contribution in [-0.2, 0) is 54.5 Å². The van der Waals surface area contributed by atoms with Crippen LogP contribution in [0.5, 0.6) is 0 Å². The molecule has 0 radical (unpaired) electrons. The van der Waals surface area contributed by atoms with Crippen molar-refractivity contribution in [3.05, 3.63) is 114 Å². The van der Waals surface area contributed by atoms with Crippen LogP contribution in [0.4, 0.5) is 11.6 Å². The number of rotatable bonds is 20. The minimum absolute atomic E-state index is 0.0919. The lowest BCUT2D eigenvalue weighted by atomic mass is 10.1. The van der Waals surface area contributed by atoms with E-state index in [0.29, 0.717) is 42.0 Å². The topological polar surface area (TPSA) is 250 Å². The second-order valence-corrected chi connectivity index (χ2v) is 36.7. The second kappa shape index (κ2) is 24.2. The van der Waals surface area contributed by atoms with Gasteiger partial charge in [0.05, 0.1) is 37.1 Å². The third-order valence-corrected chi connectivity index (χ3v) is 28.0. The molecule has 1 aliphatic carbocycles. The second-order valence-electron chi connectivity index (χ2n) is 23.6. The zero-order valence-electron chi connectivity index (χ0n) is 47.2. The molecule has 432 valence electrons. The molecule has 4 aromatic heterocycles. The molecule has 10 atom stereocenters. The van der Waals surface area contributed by atoms with Gasteiger partial charge in [-0.25, -0.2) is 31.5 Å². The molecule has 2 amide bonds. The Morgan fingerprint density at radius 2 is 1.51 bits per heavy atom. The number of aliphatic hydroxyl groups excluding tert-OH is 1. The van der Waals surface area contributed by atoms with Crippen LogP contribution in [0, 0.1) is 12.5 Å². The first-order valence-electron chi connectivity index (χ1n) is 27.0. The third-order valence-electron chi connectivity index (χ3n) is 16.3. The summed E-state index contributed by atoms with van der Waals surface area (Å²) in [4.78, 5) is 66.6. The first-order valence-corrected chi connectivity index (χ1v) is 36.5. The molecule has 3 N–H and O–H groups in total. The SMILES string of the molecule is [C-]#[N+]CCOP(=S)(OC[C@H]1C[C@@H](n2cc3c4c(ncnc42)N(C(=O)c2ccccc2)CCC3)[C@H](O[Si](C)(C)C(C)(C)C)[C@@H]1O[P+](=O)O)O[C@@H]1[C@H](O[Si](C)(C)C(C)(C)C)[C@@H](CO)O[C@H]1n1cnc2c(NC(=O)c3ccccc3)ncnc21. The Hall–Kier alpha value is -5.14. The minimum Gasteiger partial charge on any atom is -0.409 e. The predicted molar refractivity (Wildman–Crippen MR) is 313 cm³/mol. The predicted octanol–water partition coefficient (Wildman–Crippen LogP) is 9.95. The van der Waals surface area contributed by atoms with E-state index in [0.717, 1.165) is 10.9 Å². The summed E-state index contributed by atoms with van der Waals surface area (Å²) in [5.41, 5.74) is 2.92. The Labute approximate surface area is 479 Å². The Morgan fingerprint density at radius 3 is 2.15 bits per heavy atom. The highest BCUT2D eigenvalue weighted by Gasteiger charge is 2.57. The number of ether oxygens (including phenoxy) is 1. The normalized spacial score (nSPS) is 23.5. The van der Waals surface area contributed by atoms with Gasteiger partial charge >= 0.3 is 15.0 Å². The number of aryl methyl sites for hydroxylation is 1. The van der Waals surface area contributed by atoms with Gasteiger partial charge in [-0.3, -0.25) is 23.6 Å². The van der Waals surface area contributed by atoms with Crippen LogP contribution in [-0.4, -0.2) is 136 Å². The van der Waals surface area contributed by atoms with Crippen LogP contribution in [0.3, 0.4) is 0 Å². The average molecular weight is 1200 g/mol. The molecule has 9 rings (SSSR count). The van der Waals surface area contributed by atoms with Gasteiger partial charge < -0.3 is 42.5 Å². The van der Waals surface area contributed by atoms with Crippen molar-refractivity contribution in [3.8, 4) is 0 Å². The van der Waals surface area contributed by atoms with E-state index < -0.39 is 92.8 Å². The molecule has 2 aliphatic heterocycles. The summed E-state index contributed by atoms with van der Waals surface area (Å²) in [6.45, 7) is 23.9. The highest BCUT2D eigenvalue weighted by Crippen LogP contribution is 2.57. The molecular formula is C54H71N10O12P2SSi2+. The maximum Gasteiger partial charge on any atom is 0.695 e. The summed E-state index contributed by atoms with van der Waals surface area (Å²) < 4.78 is 64.1. The molecule has 6 aromatic rings. The van der Waals surface area contributed by atoms with E-state index in [4.69, 9.17) is 60.0 Å². The number of aromatic nitrogens is 7. The van der Waals surface area contributed by atoms with Crippen molar-refractivity contribution in [1.29, 1.82) is 0 Å². The van der Waals surface area contributed by atoms with Crippen LogP contribution >= 0.6 is 15.0 Å². The third kappa shape index (κ3) is 12.7. The number of carbonyl (C=O) groups is 2. The monoisotopic (exact) mass is 1200 g/mol. The summed E-state index contributed by atoms with van der Waals surface area (Å²) in [6, 6.07) is 17.2. The number of carbonyl (C=O) groups excluding carboxylic acids is 2. The first-order chi connectivity index (χ1) is 38.3. The number of nitrogens with one attached hydrogen (secondary N) is 1. The molecule has 0 bridgehead atoms. The molecule has 2 unspecified atom stereocenters. The van der Waals surface area contributed by atoms with Crippen LogP contribution in [0.15, 0.2) is 85.8 Å². The Balaban J connectivity index is 1.10. The number of nitrogens with zero attached hydrogens (tertiary/aromatic N) is 9. The van der Waals surface area contributed by atoms with Crippen molar-refractivity contribution in [2.75, 3.05) is 43.1 Å². The lowest BCUT2D eigenvalue weighted by molar-refractivity contribution is -0.0503. The van der Waals surface area contributed by atoms with Gasteiger partial charge in [-0.1, -0.05) is 77.9 Å². The standard InChI is InChI=1S/C54H70N10O12P2SSi2/c1-53(2,3)80(8,9)75-43-38(63-28-36-23-18-25-62(47-40(36)48(63)58-32-57-47)51(67)35-21-16-13-17-22-35)27-37(42(43)73-77(68)69)30-71-78(79,70-26-24-55-7)74-45-44(76-81(10,11)54(4,5)6)39(29-65)72-52(45)64-33-60-41-46(56-31-59-49(41)64)61-50(66)34-19-14-12-15-20-34/h12-17,19-22,28,31-33,37-39,42-45,52,65H,18,23-27,29-30H2,1-6,8-11H3,(H-,56,59,61,66,68,69)/p+1/t37-,38-,39-,42-,43+,44-,45-,52-,78?/m1/s1. The maximum absolute atomic E-state index is 14.1. The van der Waals surface area contributed by atoms with Gasteiger partial charge in [0, 0.05) is 34.4 Å². The highest BCUT2D eigenvalue weighted by atomic mass is 32.5. The summed E-state index contributed by atoms with van der Waals surface area (Å²) in [7, 11) is -8.64. The Bertz CT molecular complexity index is 3360. The fourth-order valence-corrected chi connectivity index (χ4v) is 15.3. The summed E-state index contributed by atoms with van der Waals surface area (Å²) in [5, 5.41) is 14.0. The number of imidazole rings is 1. The molecular weight excluding hydrogens is 1130 g/mol. The largest absolute Gasteiger partial charge is 0.695 e. The minimum atomic E-state index is -4.07. The van der Waals surface area contributed by atoms with Crippen molar-refractivity contribution in [2.45, 2.75) is 140 Å². The van der Waals surface area contributed by atoms with Crippen molar-refractivity contribution >= 4 is 89.1 Å². The van der Waals surface area contributed by atoms with E-state index in [1.54, 1.807) is 45.9 Å². The summed E-state index contributed by atoms with van der Waals surface area (Å²) in [6.07, 6.45) is 1.60. The molecule has 81 heavy (non-hydrogen) atoms. The zero-order valence-corrected chi connectivity index (χ0v) is 51.8. The van der Waals surface area contributed by atoms with Crippen molar-refractivity contribution < 1.29 is 55.8 Å². The molecule has 2 fully saturated rings. The van der Waals surface area contributed by atoms with E-state index in [1.165, 1.54) is 19.0 Å². The highest BCUT2D eigenvalue weighted by molar-refractivity contribution is 8.07. The number of benzene rings is 2. The molecule has 27 heteroatoms. The fraction of sp³-hybridized carbons (Fsp3) is 0.519. The number of amides is 2. The van der Waals surface area contributed by atoms with Crippen molar-refractivity contribution in [1.82, 2.24) is 34.1 Å². The van der Waals surface area contributed by atoms with Gasteiger partial charge in [-0.2, -0.15) is 0 Å². The first kappa shape index (κ1) is 60.5. The van der Waals surface area contributed by atoms with E-state index in [2.05, 4.69) is 92.8 Å². The van der Waals surface area contributed by atoms with Gasteiger partial charge in [-0.05, 0) is 97.2 Å². The van der Waals surface area contributed by atoms with Crippen LogP contribution in [0.2, 0.25) is 36.3 Å². The number of hydrogen-bond donors (Lipinski definition) is 3. The number of anilines is 2. The Kier molecular flexibility index (Phi) is 18.1. The lowest BCUT2D eigenvalue weighted by Gasteiger charge is -2.41. The number of aliphatic hydroxyl groups is 1. The van der Waals surface area contributed by atoms with E-state index in [9.17, 15) is 24.2 Å². The molecule has 1 saturated heterocycles. The molecule has 6 heterocycles. The summed E-state index contributed by atoms with van der Waals surface area (Å²) in [5.74, 6) is -0.670. The van der Waals surface area contributed by atoms with E-state index in [1.807, 2.05) is 35.0 Å². The quantitative estimate of drug-likeness (QED) is 0.0278. The molecule has 2 aromatic carbocycles. The smallest absolute Gasteiger partial charge is 0.409 e. The Morgan fingerprint density at radius 1 is 0.864 bits per heavy atom. The summed E-state index contributed by atoms with van der Waals surface area (Å²) >= 11 is 6.38. The number of hydrogen-bond acceptors (Lipinski definition) is 17. The van der Waals surface area contributed by atoms with Gasteiger partial charge in [0.1, 0.15) is 55.1 Å². The van der Waals surface area contributed by atoms with E-state index >= 15 is 0 Å². The number of fused-ring (bicyclic) bond motifs is 1. The van der Waals surface area contributed by atoms with E-state index in [-0.39, 0.29) is 59.1 Å². The lowest BCUT2D eigenvalue weighted by Crippen LogP contribution is -2.50. The molecule has 0 spiro atoms. The maximum atomic E-state index is 14.1. The molecule has 3 aliphatic rings. The average Bonchev–Trinajstić information content (AvgIpc) is 3.16. The van der Waals surface area contributed by atoms with Gasteiger partial charge in [0.25, 0.3) is 11.8 Å². The van der Waals surface area contributed by atoms with Crippen LogP contribution < -0.4 is 10.2 Å². The zero-order chi connectivity index (χ0) is 58.2. The van der Waals surface area contributed by atoms with Gasteiger partial charge in [0.2, 0.25) is 6.54 Å². The molecule has 22 nitrogen and oxygen atoms in total.